The molecule has 15 heavy (non-hydrogen) atoms. The molecule has 0 aromatic carbocycles. The van der Waals surface area contributed by atoms with Crippen LogP contribution in [0, 0.1) is 0 Å². The smallest absolute Gasteiger partial charge is 0.202 e. The van der Waals surface area contributed by atoms with Crippen LogP contribution in [0.3, 0.4) is 0 Å². The lowest BCUT2D eigenvalue weighted by atomic mass is 9.96. The Balaban J connectivity index is 2.68. The number of hydrogen-bond acceptors (Lipinski definition) is 5. The van der Waals surface area contributed by atoms with Gasteiger partial charge in [0.25, 0.3) is 0 Å². The van der Waals surface area contributed by atoms with Crippen LogP contribution in [0.4, 0.5) is 5.13 Å². The molecule has 0 aliphatic heterocycles. The average molecular weight is 229 g/mol. The van der Waals surface area contributed by atoms with E-state index < -0.39 is 0 Å². The SMILES string of the molecule is CCC(CO)Nc1nc(C(C)(C)C)ns1. The summed E-state index contributed by atoms with van der Waals surface area (Å²) in [5.41, 5.74) is -0.0165. The lowest BCUT2D eigenvalue weighted by Gasteiger charge is -2.13. The van der Waals surface area contributed by atoms with Crippen molar-refractivity contribution in [2.45, 2.75) is 45.6 Å². The zero-order valence-electron chi connectivity index (χ0n) is 9.74. The Morgan fingerprint density at radius 3 is 2.53 bits per heavy atom. The molecule has 0 saturated carbocycles. The molecule has 1 heterocycles. The first-order valence-electron chi connectivity index (χ1n) is 5.19. The third-order valence-corrected chi connectivity index (χ3v) is 2.78. The van der Waals surface area contributed by atoms with Gasteiger partial charge in [-0.2, -0.15) is 4.37 Å². The zero-order valence-corrected chi connectivity index (χ0v) is 10.6. The molecule has 2 N–H and O–H groups in total. The molecule has 1 unspecified atom stereocenters. The minimum atomic E-state index is -0.0165. The van der Waals surface area contributed by atoms with Crippen molar-refractivity contribution in [2.75, 3.05) is 11.9 Å². The summed E-state index contributed by atoms with van der Waals surface area (Å²) in [6.07, 6.45) is 0.876. The highest BCUT2D eigenvalue weighted by molar-refractivity contribution is 7.09. The van der Waals surface area contributed by atoms with Crippen LogP contribution in [-0.2, 0) is 5.41 Å². The number of rotatable bonds is 4. The highest BCUT2D eigenvalue weighted by atomic mass is 32.1. The Morgan fingerprint density at radius 2 is 2.13 bits per heavy atom. The second-order valence-electron chi connectivity index (χ2n) is 4.61. The molecule has 0 aliphatic rings. The third kappa shape index (κ3) is 3.43. The molecule has 0 amide bonds. The lowest BCUT2D eigenvalue weighted by molar-refractivity contribution is 0.272. The van der Waals surface area contributed by atoms with Gasteiger partial charge in [0.15, 0.2) is 0 Å². The Bertz CT molecular complexity index is 302. The molecule has 0 fully saturated rings. The highest BCUT2D eigenvalue weighted by Gasteiger charge is 2.20. The summed E-state index contributed by atoms with van der Waals surface area (Å²) < 4.78 is 4.30. The summed E-state index contributed by atoms with van der Waals surface area (Å²) in [5, 5.41) is 13.0. The molecule has 1 aromatic heterocycles. The molecule has 1 rings (SSSR count). The number of aliphatic hydroxyl groups is 1. The predicted octanol–water partition coefficient (Wildman–Crippen LogP) is 2.02. The number of nitrogens with one attached hydrogen (secondary N) is 1. The molecule has 0 aliphatic carbocycles. The Kier molecular flexibility index (Phi) is 4.04. The van der Waals surface area contributed by atoms with Crippen molar-refractivity contribution in [1.29, 1.82) is 0 Å². The maximum atomic E-state index is 9.05. The summed E-state index contributed by atoms with van der Waals surface area (Å²) in [7, 11) is 0. The van der Waals surface area contributed by atoms with Crippen LogP contribution in [-0.4, -0.2) is 27.1 Å². The van der Waals surface area contributed by atoms with Gasteiger partial charge in [-0.05, 0) is 6.42 Å². The van der Waals surface area contributed by atoms with Crippen LogP contribution in [0.25, 0.3) is 0 Å². The second-order valence-corrected chi connectivity index (χ2v) is 5.36. The summed E-state index contributed by atoms with van der Waals surface area (Å²) >= 11 is 1.35. The van der Waals surface area contributed by atoms with Crippen molar-refractivity contribution >= 4 is 16.7 Å². The Labute approximate surface area is 94.9 Å². The second kappa shape index (κ2) is 4.90. The fourth-order valence-corrected chi connectivity index (χ4v) is 1.87. The van der Waals surface area contributed by atoms with Crippen molar-refractivity contribution in [3.8, 4) is 0 Å². The Hall–Kier alpha value is -0.680. The summed E-state index contributed by atoms with van der Waals surface area (Å²) in [6, 6.07) is 0.0748. The molecule has 4 nitrogen and oxygen atoms in total. The van der Waals surface area contributed by atoms with Crippen LogP contribution in [0.15, 0.2) is 0 Å². The minimum absolute atomic E-state index is 0.0165. The van der Waals surface area contributed by atoms with E-state index in [0.717, 1.165) is 17.4 Å². The zero-order chi connectivity index (χ0) is 11.5. The van der Waals surface area contributed by atoms with Crippen molar-refractivity contribution in [2.24, 2.45) is 0 Å². The minimum Gasteiger partial charge on any atom is -0.394 e. The summed E-state index contributed by atoms with van der Waals surface area (Å²) in [5.74, 6) is 0.850. The first kappa shape index (κ1) is 12.4. The van der Waals surface area contributed by atoms with E-state index in [4.69, 9.17) is 5.11 Å². The first-order chi connectivity index (χ1) is 6.97. The van der Waals surface area contributed by atoms with E-state index in [9.17, 15) is 0 Å². The molecule has 1 atom stereocenters. The summed E-state index contributed by atoms with van der Waals surface area (Å²) in [4.78, 5) is 4.40. The van der Waals surface area contributed by atoms with E-state index in [2.05, 4.69) is 35.4 Å². The standard InChI is InChI=1S/C10H19N3OS/c1-5-7(6-14)11-9-12-8(13-15-9)10(2,3)4/h7,14H,5-6H2,1-4H3,(H,11,12,13). The van der Waals surface area contributed by atoms with Crippen molar-refractivity contribution in [3.63, 3.8) is 0 Å². The van der Waals surface area contributed by atoms with E-state index in [-0.39, 0.29) is 18.1 Å². The number of hydrogen-bond donors (Lipinski definition) is 2. The highest BCUT2D eigenvalue weighted by Crippen LogP contribution is 2.23. The van der Waals surface area contributed by atoms with Crippen molar-refractivity contribution in [1.82, 2.24) is 9.36 Å². The largest absolute Gasteiger partial charge is 0.394 e. The molecule has 1 aromatic rings. The fourth-order valence-electron chi connectivity index (χ4n) is 1.04. The summed E-state index contributed by atoms with van der Waals surface area (Å²) in [6.45, 7) is 8.41. The molecule has 5 heteroatoms. The molecule has 0 saturated heterocycles. The Morgan fingerprint density at radius 1 is 1.47 bits per heavy atom. The number of aliphatic hydroxyl groups excluding tert-OH is 1. The van der Waals surface area contributed by atoms with Gasteiger partial charge in [0.1, 0.15) is 5.82 Å². The average Bonchev–Trinajstić information content (AvgIpc) is 2.61. The normalized spacial score (nSPS) is 13.9. The van der Waals surface area contributed by atoms with E-state index in [1.54, 1.807) is 0 Å². The number of nitrogens with zero attached hydrogens (tertiary/aromatic N) is 2. The van der Waals surface area contributed by atoms with Crippen LogP contribution in [0.5, 0.6) is 0 Å². The van der Waals surface area contributed by atoms with Gasteiger partial charge in [-0.3, -0.25) is 0 Å². The third-order valence-electron chi connectivity index (χ3n) is 2.14. The molecule has 0 bridgehead atoms. The quantitative estimate of drug-likeness (QED) is 0.829. The molecular formula is C10H19N3OS. The lowest BCUT2D eigenvalue weighted by Crippen LogP contribution is -2.22. The maximum Gasteiger partial charge on any atom is 0.202 e. The van der Waals surface area contributed by atoms with Crippen molar-refractivity contribution in [3.05, 3.63) is 5.82 Å². The van der Waals surface area contributed by atoms with E-state index in [0.29, 0.717) is 0 Å². The van der Waals surface area contributed by atoms with Gasteiger partial charge in [-0.15, -0.1) is 0 Å². The molecule has 0 spiro atoms. The van der Waals surface area contributed by atoms with Gasteiger partial charge in [0.2, 0.25) is 5.13 Å². The van der Waals surface area contributed by atoms with Crippen LogP contribution in [0.1, 0.15) is 39.9 Å². The first-order valence-corrected chi connectivity index (χ1v) is 5.96. The van der Waals surface area contributed by atoms with Gasteiger partial charge < -0.3 is 10.4 Å². The van der Waals surface area contributed by atoms with Gasteiger partial charge >= 0.3 is 0 Å². The monoisotopic (exact) mass is 229 g/mol. The predicted molar refractivity (Wildman–Crippen MR) is 63.4 cm³/mol. The van der Waals surface area contributed by atoms with Crippen LogP contribution >= 0.6 is 11.5 Å². The van der Waals surface area contributed by atoms with Gasteiger partial charge in [0, 0.05) is 16.9 Å². The van der Waals surface area contributed by atoms with E-state index in [1.807, 2.05) is 6.92 Å². The van der Waals surface area contributed by atoms with Gasteiger partial charge in [-0.25, -0.2) is 4.98 Å². The van der Waals surface area contributed by atoms with Crippen LogP contribution < -0.4 is 5.32 Å². The van der Waals surface area contributed by atoms with E-state index >= 15 is 0 Å². The van der Waals surface area contributed by atoms with Crippen molar-refractivity contribution < 1.29 is 5.11 Å². The van der Waals surface area contributed by atoms with E-state index in [1.165, 1.54) is 11.5 Å². The van der Waals surface area contributed by atoms with Crippen LogP contribution in [0.2, 0.25) is 0 Å². The molecule has 0 radical (unpaired) electrons. The maximum absolute atomic E-state index is 9.05. The molecule has 86 valence electrons. The molecular weight excluding hydrogens is 210 g/mol. The van der Waals surface area contributed by atoms with Gasteiger partial charge in [0.05, 0.1) is 12.6 Å². The fraction of sp³-hybridized carbons (Fsp3) is 0.800. The van der Waals surface area contributed by atoms with Gasteiger partial charge in [-0.1, -0.05) is 27.7 Å². The topological polar surface area (TPSA) is 58.0 Å². The number of aromatic nitrogens is 2. The number of anilines is 1.